The number of nitrogens with zero attached hydrogens (tertiary/aromatic N) is 4. The first kappa shape index (κ1) is 25.7. The summed E-state index contributed by atoms with van der Waals surface area (Å²) in [6.45, 7) is 12.2. The Labute approximate surface area is 169 Å². The second kappa shape index (κ2) is 10.9. The molecule has 28 heavy (non-hydrogen) atoms. The minimum atomic E-state index is -0.434. The molecule has 2 aromatic rings. The highest BCUT2D eigenvalue weighted by Gasteiger charge is 2.25. The molecule has 0 saturated heterocycles. The average Bonchev–Trinajstić information content (AvgIpc) is 3.19. The van der Waals surface area contributed by atoms with Gasteiger partial charge in [0.2, 0.25) is 0 Å². The summed E-state index contributed by atoms with van der Waals surface area (Å²) in [4.78, 5) is 12.0. The molecule has 2 heterocycles. The molecule has 0 fully saturated rings. The molecule has 4 N–H and O–H groups in total. The fourth-order valence-corrected chi connectivity index (χ4v) is 2.41. The highest BCUT2D eigenvalue weighted by Crippen LogP contribution is 2.32. The van der Waals surface area contributed by atoms with Gasteiger partial charge in [0.15, 0.2) is 5.69 Å². The summed E-state index contributed by atoms with van der Waals surface area (Å²) in [5, 5.41) is 6.22. The molecule has 0 radical (unpaired) electrons. The van der Waals surface area contributed by atoms with Gasteiger partial charge in [-0.3, -0.25) is 15.2 Å². The van der Waals surface area contributed by atoms with E-state index in [4.69, 9.17) is 16.4 Å². The second-order valence-electron chi connectivity index (χ2n) is 7.39. The van der Waals surface area contributed by atoms with Gasteiger partial charge in [0.1, 0.15) is 0 Å². The minimum Gasteiger partial charge on any atom is -0.464 e. The van der Waals surface area contributed by atoms with Gasteiger partial charge in [0.05, 0.1) is 12.8 Å². The van der Waals surface area contributed by atoms with Gasteiger partial charge >= 0.3 is 5.97 Å². The summed E-state index contributed by atoms with van der Waals surface area (Å²) >= 11 is 0. The summed E-state index contributed by atoms with van der Waals surface area (Å²) in [5.41, 5.74) is 2.91. The van der Waals surface area contributed by atoms with Crippen molar-refractivity contribution in [3.63, 3.8) is 0 Å². The maximum absolute atomic E-state index is 12.0. The van der Waals surface area contributed by atoms with Crippen molar-refractivity contribution in [1.29, 1.82) is 0 Å². The summed E-state index contributed by atoms with van der Waals surface area (Å²) < 4.78 is 8.04. The largest absolute Gasteiger partial charge is 0.464 e. The molecule has 8 heteroatoms. The molecule has 8 nitrogen and oxygen atoms in total. The Hall–Kier alpha value is -2.32. The fraction of sp³-hybridized carbons (Fsp3) is 0.600. The van der Waals surface area contributed by atoms with Crippen molar-refractivity contribution < 1.29 is 9.53 Å². The Kier molecular flexibility index (Phi) is 9.97. The number of esters is 1. The highest BCUT2D eigenvalue weighted by atomic mass is 16.5. The molecular weight excluding hydrogens is 356 g/mol. The van der Waals surface area contributed by atoms with E-state index in [1.807, 2.05) is 51.7 Å². The lowest BCUT2D eigenvalue weighted by molar-refractivity contribution is 0.0589. The molecule has 0 saturated carbocycles. The summed E-state index contributed by atoms with van der Waals surface area (Å²) in [5.74, 6) is 10.9. The number of methoxy groups -OCH3 is 1. The lowest BCUT2D eigenvalue weighted by Gasteiger charge is -2.12. The molecule has 0 atom stereocenters. The predicted octanol–water partition coefficient (Wildman–Crippen LogP) is 3.39. The van der Waals surface area contributed by atoms with Crippen LogP contribution in [-0.2, 0) is 4.74 Å². The number of carbonyl (C=O) groups is 1. The number of hydrazine groups is 1. The van der Waals surface area contributed by atoms with Crippen molar-refractivity contribution >= 4 is 5.97 Å². The van der Waals surface area contributed by atoms with Gasteiger partial charge in [0.25, 0.3) is 0 Å². The lowest BCUT2D eigenvalue weighted by atomic mass is 9.97. The van der Waals surface area contributed by atoms with Crippen LogP contribution in [0.3, 0.4) is 0 Å². The van der Waals surface area contributed by atoms with E-state index < -0.39 is 5.97 Å². The summed E-state index contributed by atoms with van der Waals surface area (Å²) in [6, 6.07) is 2.67. The van der Waals surface area contributed by atoms with E-state index >= 15 is 0 Å². The number of hydrogen-bond acceptors (Lipinski definition) is 6. The average molecular weight is 395 g/mol. The van der Waals surface area contributed by atoms with E-state index in [1.165, 1.54) is 11.8 Å². The van der Waals surface area contributed by atoms with Crippen LogP contribution in [0.15, 0.2) is 18.5 Å². The van der Waals surface area contributed by atoms with E-state index in [0.29, 0.717) is 11.7 Å². The Morgan fingerprint density at radius 1 is 1.21 bits per heavy atom. The first-order valence-corrected chi connectivity index (χ1v) is 9.12. The van der Waals surface area contributed by atoms with Crippen LogP contribution in [0.25, 0.3) is 11.3 Å². The zero-order valence-corrected chi connectivity index (χ0v) is 17.7. The molecule has 0 aliphatic heterocycles. The van der Waals surface area contributed by atoms with Gasteiger partial charge < -0.3 is 10.6 Å². The zero-order valence-electron chi connectivity index (χ0n) is 17.7. The van der Waals surface area contributed by atoms with Crippen LogP contribution in [0.5, 0.6) is 0 Å². The van der Waals surface area contributed by atoms with E-state index in [9.17, 15) is 4.79 Å². The SMILES string of the molecule is C.CC(C)N(C)N.COC(=O)c1c(C(C)C)c(-c2ccn(C(C)C)n2)cn1N. The number of nitrogen functional groups attached to an aromatic ring is 1. The number of aromatic nitrogens is 3. The Morgan fingerprint density at radius 3 is 2.11 bits per heavy atom. The Balaban J connectivity index is 0.000000910. The molecular formula is C20H38N6O2. The summed E-state index contributed by atoms with van der Waals surface area (Å²) in [6.07, 6.45) is 3.66. The van der Waals surface area contributed by atoms with E-state index in [1.54, 1.807) is 11.2 Å². The third-order valence-corrected chi connectivity index (χ3v) is 4.26. The van der Waals surface area contributed by atoms with Crippen molar-refractivity contribution in [2.24, 2.45) is 5.84 Å². The highest BCUT2D eigenvalue weighted by molar-refractivity contribution is 5.92. The lowest BCUT2D eigenvalue weighted by Crippen LogP contribution is -2.32. The van der Waals surface area contributed by atoms with Gasteiger partial charge in [-0.1, -0.05) is 21.3 Å². The molecule has 0 unspecified atom stereocenters. The number of carbonyl (C=O) groups excluding carboxylic acids is 1. The maximum Gasteiger partial charge on any atom is 0.356 e. The molecule has 0 bridgehead atoms. The van der Waals surface area contributed by atoms with Crippen LogP contribution in [0.4, 0.5) is 0 Å². The monoisotopic (exact) mass is 394 g/mol. The van der Waals surface area contributed by atoms with Crippen LogP contribution >= 0.6 is 0 Å². The molecule has 0 amide bonds. The third-order valence-electron chi connectivity index (χ3n) is 4.26. The van der Waals surface area contributed by atoms with E-state index in [2.05, 4.69) is 18.9 Å². The van der Waals surface area contributed by atoms with Gasteiger partial charge in [0, 0.05) is 37.1 Å². The molecule has 0 aromatic carbocycles. The fourth-order valence-electron chi connectivity index (χ4n) is 2.41. The van der Waals surface area contributed by atoms with Crippen LogP contribution in [0.2, 0.25) is 0 Å². The first-order valence-electron chi connectivity index (χ1n) is 9.12. The van der Waals surface area contributed by atoms with E-state index in [0.717, 1.165) is 16.8 Å². The molecule has 0 aliphatic carbocycles. The van der Waals surface area contributed by atoms with Gasteiger partial charge in [-0.2, -0.15) is 5.10 Å². The van der Waals surface area contributed by atoms with Gasteiger partial charge in [-0.25, -0.2) is 9.80 Å². The van der Waals surface area contributed by atoms with Crippen molar-refractivity contribution in [1.82, 2.24) is 19.5 Å². The minimum absolute atomic E-state index is 0. The second-order valence-corrected chi connectivity index (χ2v) is 7.39. The number of ether oxygens (including phenoxy) is 1. The van der Waals surface area contributed by atoms with Crippen molar-refractivity contribution in [2.45, 2.75) is 67.0 Å². The van der Waals surface area contributed by atoms with Crippen LogP contribution in [0, 0.1) is 0 Å². The van der Waals surface area contributed by atoms with Crippen LogP contribution in [0.1, 0.15) is 77.0 Å². The topological polar surface area (TPSA) is 104 Å². The quantitative estimate of drug-likeness (QED) is 0.457. The smallest absolute Gasteiger partial charge is 0.356 e. The van der Waals surface area contributed by atoms with E-state index in [-0.39, 0.29) is 19.4 Å². The van der Waals surface area contributed by atoms with Crippen LogP contribution in [-0.4, -0.2) is 45.6 Å². The molecule has 0 aliphatic rings. The normalized spacial score (nSPS) is 10.9. The number of rotatable bonds is 5. The number of nitrogens with two attached hydrogens (primary N) is 2. The van der Waals surface area contributed by atoms with Gasteiger partial charge in [-0.05, 0) is 45.2 Å². The predicted molar refractivity (Wildman–Crippen MR) is 115 cm³/mol. The van der Waals surface area contributed by atoms with Gasteiger partial charge in [-0.15, -0.1) is 0 Å². The maximum atomic E-state index is 12.0. The molecule has 160 valence electrons. The Bertz CT molecular complexity index is 738. The number of hydrogen-bond donors (Lipinski definition) is 2. The molecule has 2 aromatic heterocycles. The molecule has 2 rings (SSSR count). The van der Waals surface area contributed by atoms with Crippen molar-refractivity contribution in [3.8, 4) is 11.3 Å². The standard InChI is InChI=1S/C15H22N4O2.C4H12N2.CH4/c1-9(2)13-11(8-18(16)14(13)15(20)21-5)12-6-7-19(17-12)10(3)4;1-4(2)6(3)5;/h6-10H,16H2,1-5H3;4H,5H2,1-3H3;1H4. The van der Waals surface area contributed by atoms with Crippen molar-refractivity contribution in [2.75, 3.05) is 20.0 Å². The van der Waals surface area contributed by atoms with Crippen molar-refractivity contribution in [3.05, 3.63) is 29.7 Å². The first-order chi connectivity index (χ1) is 12.5. The Morgan fingerprint density at radius 2 is 1.75 bits per heavy atom. The zero-order chi connectivity index (χ0) is 20.9. The summed E-state index contributed by atoms with van der Waals surface area (Å²) in [7, 11) is 3.21. The third kappa shape index (κ3) is 6.10. The van der Waals surface area contributed by atoms with Crippen LogP contribution < -0.4 is 11.7 Å². The molecule has 0 spiro atoms.